The average Bonchev–Trinajstić information content (AvgIpc) is 2.78. The molecule has 0 unspecified atom stereocenters. The van der Waals surface area contributed by atoms with Crippen LogP contribution in [0.4, 0.5) is 0 Å². The van der Waals surface area contributed by atoms with E-state index in [1.807, 2.05) is 66.7 Å². The quantitative estimate of drug-likeness (QED) is 0.345. The maximum Gasteiger partial charge on any atom is 0.251 e. The van der Waals surface area contributed by atoms with Gasteiger partial charge in [-0.05, 0) is 36.2 Å². The third kappa shape index (κ3) is 6.71. The number of unbranched alkanes of at least 4 members (excludes halogenated alkanes) is 3. The molecule has 0 spiro atoms. The van der Waals surface area contributed by atoms with Crippen LogP contribution >= 0.6 is 11.8 Å². The molecule has 0 aliphatic rings. The van der Waals surface area contributed by atoms with E-state index in [9.17, 15) is 4.79 Å². The van der Waals surface area contributed by atoms with Crippen LogP contribution in [0, 0.1) is 0 Å². The van der Waals surface area contributed by atoms with Crippen LogP contribution in [-0.4, -0.2) is 22.6 Å². The van der Waals surface area contributed by atoms with Crippen molar-refractivity contribution in [3.05, 3.63) is 77.9 Å². The zero-order chi connectivity index (χ0) is 20.3. The summed E-state index contributed by atoms with van der Waals surface area (Å²) in [6.45, 7) is 2.92. The predicted molar refractivity (Wildman–Crippen MR) is 120 cm³/mol. The minimum absolute atomic E-state index is 0.000328. The Morgan fingerprint density at radius 3 is 2.55 bits per heavy atom. The smallest absolute Gasteiger partial charge is 0.251 e. The molecule has 0 atom stereocenters. The number of nitrogens with one attached hydrogen (secondary N) is 1. The Morgan fingerprint density at radius 2 is 1.79 bits per heavy atom. The first kappa shape index (κ1) is 21.1. The summed E-state index contributed by atoms with van der Waals surface area (Å²) in [7, 11) is 0. The highest BCUT2D eigenvalue weighted by molar-refractivity contribution is 7.98. The maximum absolute atomic E-state index is 12.3. The topological polar surface area (TPSA) is 54.9 Å². The van der Waals surface area contributed by atoms with Crippen LogP contribution in [-0.2, 0) is 5.75 Å². The molecule has 3 rings (SSSR count). The third-order valence-electron chi connectivity index (χ3n) is 4.60. The molecular formula is C24H27N3OS. The second-order valence-corrected chi connectivity index (χ2v) is 7.92. The molecule has 0 aliphatic carbocycles. The molecule has 1 heterocycles. The van der Waals surface area contributed by atoms with Gasteiger partial charge in [-0.2, -0.15) is 0 Å². The van der Waals surface area contributed by atoms with Gasteiger partial charge in [0.2, 0.25) is 0 Å². The van der Waals surface area contributed by atoms with E-state index in [4.69, 9.17) is 0 Å². The van der Waals surface area contributed by atoms with E-state index in [1.54, 1.807) is 11.8 Å². The van der Waals surface area contributed by atoms with Crippen molar-refractivity contribution < 1.29 is 4.79 Å². The largest absolute Gasteiger partial charge is 0.352 e. The van der Waals surface area contributed by atoms with Crippen LogP contribution in [0.5, 0.6) is 0 Å². The standard InChI is InChI=1S/C24H27N3OS/c1-2-3-4-8-16-25-24(28)21-13-9-10-19(17-21)18-29-23-15-14-22(26-27-23)20-11-6-5-7-12-20/h5-7,9-15,17H,2-4,8,16,18H2,1H3,(H,25,28). The minimum Gasteiger partial charge on any atom is -0.352 e. The van der Waals surface area contributed by atoms with Gasteiger partial charge >= 0.3 is 0 Å². The molecule has 5 heteroatoms. The van der Waals surface area contributed by atoms with Gasteiger partial charge in [-0.25, -0.2) is 0 Å². The van der Waals surface area contributed by atoms with Gasteiger partial charge in [0.1, 0.15) is 5.03 Å². The molecule has 29 heavy (non-hydrogen) atoms. The highest BCUT2D eigenvalue weighted by Crippen LogP contribution is 2.23. The minimum atomic E-state index is 0.000328. The van der Waals surface area contributed by atoms with Crippen LogP contribution in [0.2, 0.25) is 0 Å². The fourth-order valence-corrected chi connectivity index (χ4v) is 3.73. The molecular weight excluding hydrogens is 378 g/mol. The second-order valence-electron chi connectivity index (χ2n) is 6.93. The molecule has 2 aromatic carbocycles. The Balaban J connectivity index is 1.52. The monoisotopic (exact) mass is 405 g/mol. The van der Waals surface area contributed by atoms with Gasteiger partial charge in [-0.15, -0.1) is 10.2 Å². The lowest BCUT2D eigenvalue weighted by atomic mass is 10.1. The van der Waals surface area contributed by atoms with Crippen molar-refractivity contribution in [2.75, 3.05) is 6.54 Å². The van der Waals surface area contributed by atoms with Crippen molar-refractivity contribution in [3.63, 3.8) is 0 Å². The van der Waals surface area contributed by atoms with Crippen LogP contribution < -0.4 is 5.32 Å². The van der Waals surface area contributed by atoms with Crippen LogP contribution in [0.15, 0.2) is 71.8 Å². The summed E-state index contributed by atoms with van der Waals surface area (Å²) in [4.78, 5) is 12.3. The van der Waals surface area contributed by atoms with Crippen LogP contribution in [0.25, 0.3) is 11.3 Å². The first-order valence-electron chi connectivity index (χ1n) is 10.2. The number of rotatable bonds is 10. The fourth-order valence-electron chi connectivity index (χ4n) is 2.98. The molecule has 0 aliphatic heterocycles. The second kappa shape index (κ2) is 11.4. The van der Waals surface area contributed by atoms with Crippen molar-refractivity contribution in [3.8, 4) is 11.3 Å². The number of nitrogens with zero attached hydrogens (tertiary/aromatic N) is 2. The predicted octanol–water partition coefficient (Wildman–Crippen LogP) is 5.75. The molecule has 0 fully saturated rings. The summed E-state index contributed by atoms with van der Waals surface area (Å²) in [5, 5.41) is 12.5. The van der Waals surface area contributed by atoms with E-state index >= 15 is 0 Å². The van der Waals surface area contributed by atoms with Gasteiger partial charge in [-0.3, -0.25) is 4.79 Å². The van der Waals surface area contributed by atoms with E-state index in [2.05, 4.69) is 22.4 Å². The number of benzene rings is 2. The zero-order valence-corrected chi connectivity index (χ0v) is 17.6. The Hall–Kier alpha value is -2.66. The van der Waals surface area contributed by atoms with Crippen molar-refractivity contribution >= 4 is 17.7 Å². The van der Waals surface area contributed by atoms with Gasteiger partial charge in [0.05, 0.1) is 5.69 Å². The number of hydrogen-bond acceptors (Lipinski definition) is 4. The number of thioether (sulfide) groups is 1. The molecule has 1 amide bonds. The van der Waals surface area contributed by atoms with Crippen LogP contribution in [0.3, 0.4) is 0 Å². The summed E-state index contributed by atoms with van der Waals surface area (Å²) in [5.74, 6) is 0.747. The molecule has 0 bridgehead atoms. The van der Waals surface area contributed by atoms with Crippen molar-refractivity contribution in [2.45, 2.75) is 43.4 Å². The zero-order valence-electron chi connectivity index (χ0n) is 16.8. The number of hydrogen-bond donors (Lipinski definition) is 1. The highest BCUT2D eigenvalue weighted by atomic mass is 32.2. The summed E-state index contributed by atoms with van der Waals surface area (Å²) in [6, 6.07) is 21.8. The Morgan fingerprint density at radius 1 is 0.931 bits per heavy atom. The maximum atomic E-state index is 12.3. The number of carbonyl (C=O) groups is 1. The lowest BCUT2D eigenvalue weighted by molar-refractivity contribution is 0.0953. The SMILES string of the molecule is CCCCCCNC(=O)c1cccc(CSc2ccc(-c3ccccc3)nn2)c1. The van der Waals surface area contributed by atoms with E-state index in [1.165, 1.54) is 12.8 Å². The Bertz CT molecular complexity index is 898. The summed E-state index contributed by atoms with van der Waals surface area (Å²) in [5.41, 5.74) is 3.74. The highest BCUT2D eigenvalue weighted by Gasteiger charge is 2.07. The fraction of sp³-hybridized carbons (Fsp3) is 0.292. The molecule has 1 aromatic heterocycles. The molecule has 0 radical (unpaired) electrons. The summed E-state index contributed by atoms with van der Waals surface area (Å²) in [6.07, 6.45) is 4.62. The van der Waals surface area contributed by atoms with Gasteiger partial charge < -0.3 is 5.32 Å². The first-order valence-corrected chi connectivity index (χ1v) is 11.1. The summed E-state index contributed by atoms with van der Waals surface area (Å²) < 4.78 is 0. The Labute approximate surface area is 177 Å². The molecule has 0 saturated heterocycles. The van der Waals surface area contributed by atoms with Crippen molar-refractivity contribution in [1.82, 2.24) is 15.5 Å². The van der Waals surface area contributed by atoms with E-state index in [0.29, 0.717) is 5.56 Å². The number of carbonyl (C=O) groups excluding carboxylic acids is 1. The van der Waals surface area contributed by atoms with Gasteiger partial charge in [-0.1, -0.05) is 80.4 Å². The van der Waals surface area contributed by atoms with Gasteiger partial charge in [0.15, 0.2) is 0 Å². The number of amides is 1. The molecule has 3 aromatic rings. The first-order chi connectivity index (χ1) is 14.3. The van der Waals surface area contributed by atoms with Gasteiger partial charge in [0, 0.05) is 23.4 Å². The van der Waals surface area contributed by atoms with E-state index < -0.39 is 0 Å². The van der Waals surface area contributed by atoms with E-state index in [-0.39, 0.29) is 5.91 Å². The molecule has 1 N–H and O–H groups in total. The normalized spacial score (nSPS) is 10.7. The van der Waals surface area contributed by atoms with Gasteiger partial charge in [0.25, 0.3) is 5.91 Å². The van der Waals surface area contributed by atoms with Crippen molar-refractivity contribution in [2.24, 2.45) is 0 Å². The Kier molecular flexibility index (Phi) is 8.25. The summed E-state index contributed by atoms with van der Waals surface area (Å²) >= 11 is 1.62. The molecule has 150 valence electrons. The van der Waals surface area contributed by atoms with Crippen molar-refractivity contribution in [1.29, 1.82) is 0 Å². The lowest BCUT2D eigenvalue weighted by Gasteiger charge is -2.07. The van der Waals surface area contributed by atoms with E-state index in [0.717, 1.165) is 47.0 Å². The number of aromatic nitrogens is 2. The van der Waals surface area contributed by atoms with Crippen LogP contribution in [0.1, 0.15) is 48.5 Å². The molecule has 0 saturated carbocycles. The average molecular weight is 406 g/mol. The third-order valence-corrected chi connectivity index (χ3v) is 5.59. The lowest BCUT2D eigenvalue weighted by Crippen LogP contribution is -2.24. The molecule has 4 nitrogen and oxygen atoms in total.